The van der Waals surface area contributed by atoms with Crippen molar-refractivity contribution < 1.29 is 14.3 Å². The Morgan fingerprint density at radius 1 is 1.00 bits per heavy atom. The largest absolute Gasteiger partial charge is 0.493 e. The normalized spacial score (nSPS) is 10.2. The van der Waals surface area contributed by atoms with Crippen LogP contribution in [0.4, 0.5) is 0 Å². The number of carbonyl (C=O) groups excluding carboxylic acids is 1. The van der Waals surface area contributed by atoms with Crippen molar-refractivity contribution in [2.24, 2.45) is 0 Å². The van der Waals surface area contributed by atoms with E-state index in [1.807, 2.05) is 50.2 Å². The lowest BCUT2D eigenvalue weighted by Crippen LogP contribution is -2.04. The third-order valence-electron chi connectivity index (χ3n) is 3.01. The summed E-state index contributed by atoms with van der Waals surface area (Å²) in [6, 6.07) is 14.9. The van der Waals surface area contributed by atoms with E-state index in [4.69, 9.17) is 9.47 Å². The minimum absolute atomic E-state index is 0.0552. The molecule has 110 valence electrons. The molecule has 0 unspecified atom stereocenters. The first-order chi connectivity index (χ1) is 10.2. The third kappa shape index (κ3) is 4.09. The molecule has 0 aromatic heterocycles. The van der Waals surface area contributed by atoms with Crippen LogP contribution in [0.3, 0.4) is 0 Å². The van der Waals surface area contributed by atoms with E-state index in [1.54, 1.807) is 12.1 Å². The molecule has 0 atom stereocenters. The van der Waals surface area contributed by atoms with Crippen molar-refractivity contribution in [3.8, 4) is 17.2 Å². The maximum atomic E-state index is 12.1. The van der Waals surface area contributed by atoms with Crippen molar-refractivity contribution in [1.29, 1.82) is 0 Å². The van der Waals surface area contributed by atoms with Gasteiger partial charge in [0.2, 0.25) is 0 Å². The van der Waals surface area contributed by atoms with Crippen LogP contribution in [0.15, 0.2) is 48.5 Å². The highest BCUT2D eigenvalue weighted by atomic mass is 16.5. The zero-order valence-electron chi connectivity index (χ0n) is 12.5. The molecule has 3 nitrogen and oxygen atoms in total. The minimum Gasteiger partial charge on any atom is -0.493 e. The molecular weight excluding hydrogens is 264 g/mol. The average Bonchev–Trinajstić information content (AvgIpc) is 2.53. The summed E-state index contributed by atoms with van der Waals surface area (Å²) in [6.45, 7) is 4.48. The van der Waals surface area contributed by atoms with Crippen LogP contribution in [0.5, 0.6) is 17.2 Å². The fourth-order valence-electron chi connectivity index (χ4n) is 1.94. The summed E-state index contributed by atoms with van der Waals surface area (Å²) in [5.41, 5.74) is 0.583. The van der Waals surface area contributed by atoms with E-state index in [0.717, 1.165) is 12.2 Å². The van der Waals surface area contributed by atoms with E-state index in [9.17, 15) is 4.79 Å². The van der Waals surface area contributed by atoms with E-state index in [2.05, 4.69) is 0 Å². The van der Waals surface area contributed by atoms with Gasteiger partial charge in [-0.15, -0.1) is 0 Å². The summed E-state index contributed by atoms with van der Waals surface area (Å²) < 4.78 is 11.4. The van der Waals surface area contributed by atoms with E-state index < -0.39 is 0 Å². The topological polar surface area (TPSA) is 35.5 Å². The van der Waals surface area contributed by atoms with Crippen LogP contribution in [-0.2, 0) is 0 Å². The third-order valence-corrected chi connectivity index (χ3v) is 3.01. The number of benzene rings is 2. The van der Waals surface area contributed by atoms with Crippen molar-refractivity contribution in [1.82, 2.24) is 0 Å². The molecule has 0 aliphatic carbocycles. The standard InChI is InChI=1S/C18H20O3/c1-3-12-20-18-11-10-15(13-16(18)17(19)4-2)21-14-8-6-5-7-9-14/h5-11,13H,3-4,12H2,1-2H3. The maximum absolute atomic E-state index is 12.1. The van der Waals surface area contributed by atoms with E-state index >= 15 is 0 Å². The highest BCUT2D eigenvalue weighted by molar-refractivity contribution is 5.98. The zero-order chi connectivity index (χ0) is 15.1. The summed E-state index contributed by atoms with van der Waals surface area (Å²) >= 11 is 0. The van der Waals surface area contributed by atoms with Gasteiger partial charge in [-0.05, 0) is 36.8 Å². The minimum atomic E-state index is 0.0552. The molecule has 0 saturated carbocycles. The lowest BCUT2D eigenvalue weighted by molar-refractivity contribution is 0.0984. The van der Waals surface area contributed by atoms with Gasteiger partial charge in [-0.25, -0.2) is 0 Å². The molecule has 0 amide bonds. The Kier molecular flexibility index (Phi) is 5.38. The second kappa shape index (κ2) is 7.48. The van der Waals surface area contributed by atoms with Gasteiger partial charge in [-0.2, -0.15) is 0 Å². The predicted molar refractivity (Wildman–Crippen MR) is 83.4 cm³/mol. The van der Waals surface area contributed by atoms with Crippen LogP contribution in [-0.4, -0.2) is 12.4 Å². The van der Waals surface area contributed by atoms with Crippen molar-refractivity contribution >= 4 is 5.78 Å². The number of hydrogen-bond donors (Lipinski definition) is 0. The first kappa shape index (κ1) is 15.1. The van der Waals surface area contributed by atoms with Gasteiger partial charge in [-0.1, -0.05) is 32.0 Å². The van der Waals surface area contributed by atoms with Gasteiger partial charge >= 0.3 is 0 Å². The Balaban J connectivity index is 2.26. The molecule has 0 aliphatic heterocycles. The van der Waals surface area contributed by atoms with Gasteiger partial charge in [0.25, 0.3) is 0 Å². The zero-order valence-corrected chi connectivity index (χ0v) is 12.5. The highest BCUT2D eigenvalue weighted by Gasteiger charge is 2.13. The van der Waals surface area contributed by atoms with E-state index in [0.29, 0.717) is 30.1 Å². The Morgan fingerprint density at radius 2 is 1.76 bits per heavy atom. The molecule has 21 heavy (non-hydrogen) atoms. The van der Waals surface area contributed by atoms with Crippen molar-refractivity contribution in [2.45, 2.75) is 26.7 Å². The molecule has 0 N–H and O–H groups in total. The smallest absolute Gasteiger partial charge is 0.166 e. The molecule has 2 aromatic rings. The Hall–Kier alpha value is -2.29. The maximum Gasteiger partial charge on any atom is 0.166 e. The van der Waals surface area contributed by atoms with Gasteiger partial charge in [0, 0.05) is 6.42 Å². The summed E-state index contributed by atoms with van der Waals surface area (Å²) in [7, 11) is 0. The number of ketones is 1. The second-order valence-corrected chi connectivity index (χ2v) is 4.70. The number of ether oxygens (including phenoxy) is 2. The van der Waals surface area contributed by atoms with E-state index in [-0.39, 0.29) is 5.78 Å². The van der Waals surface area contributed by atoms with Crippen LogP contribution in [0.2, 0.25) is 0 Å². The molecule has 3 heteroatoms. The lowest BCUT2D eigenvalue weighted by Gasteiger charge is -2.12. The lowest BCUT2D eigenvalue weighted by atomic mass is 10.1. The Bertz CT molecular complexity index is 591. The second-order valence-electron chi connectivity index (χ2n) is 4.70. The quantitative estimate of drug-likeness (QED) is 0.681. The molecule has 0 fully saturated rings. The van der Waals surface area contributed by atoms with Crippen molar-refractivity contribution in [3.63, 3.8) is 0 Å². The van der Waals surface area contributed by atoms with Gasteiger partial charge in [0.1, 0.15) is 17.2 Å². The van der Waals surface area contributed by atoms with Crippen LogP contribution in [0.25, 0.3) is 0 Å². The molecule has 0 spiro atoms. The van der Waals surface area contributed by atoms with Crippen LogP contribution in [0, 0.1) is 0 Å². The average molecular weight is 284 g/mol. The molecule has 0 saturated heterocycles. The number of Topliss-reactive ketones (excluding diaryl/α,β-unsaturated/α-hetero) is 1. The molecule has 0 radical (unpaired) electrons. The van der Waals surface area contributed by atoms with Gasteiger partial charge in [-0.3, -0.25) is 4.79 Å². The number of rotatable bonds is 7. The first-order valence-electron chi connectivity index (χ1n) is 7.27. The number of hydrogen-bond acceptors (Lipinski definition) is 3. The van der Waals surface area contributed by atoms with E-state index in [1.165, 1.54) is 0 Å². The number of carbonyl (C=O) groups is 1. The van der Waals surface area contributed by atoms with Crippen molar-refractivity contribution in [2.75, 3.05) is 6.61 Å². The molecule has 0 aliphatic rings. The molecular formula is C18H20O3. The van der Waals surface area contributed by atoms with Crippen molar-refractivity contribution in [3.05, 3.63) is 54.1 Å². The van der Waals surface area contributed by atoms with Gasteiger partial charge in [0.15, 0.2) is 5.78 Å². The van der Waals surface area contributed by atoms with Crippen LogP contribution < -0.4 is 9.47 Å². The molecule has 2 rings (SSSR count). The summed E-state index contributed by atoms with van der Waals surface area (Å²) in [5.74, 6) is 2.07. The Labute approximate surface area is 125 Å². The summed E-state index contributed by atoms with van der Waals surface area (Å²) in [4.78, 5) is 12.1. The first-order valence-corrected chi connectivity index (χ1v) is 7.27. The SMILES string of the molecule is CCCOc1ccc(Oc2ccccc2)cc1C(=O)CC. The molecule has 2 aromatic carbocycles. The predicted octanol–water partition coefficient (Wildman–Crippen LogP) is 4.86. The molecule has 0 heterocycles. The monoisotopic (exact) mass is 284 g/mol. The Morgan fingerprint density at radius 3 is 2.43 bits per heavy atom. The van der Waals surface area contributed by atoms with Crippen LogP contribution >= 0.6 is 0 Å². The number of para-hydroxylation sites is 1. The fourth-order valence-corrected chi connectivity index (χ4v) is 1.94. The molecule has 0 bridgehead atoms. The fraction of sp³-hybridized carbons (Fsp3) is 0.278. The highest BCUT2D eigenvalue weighted by Crippen LogP contribution is 2.28. The summed E-state index contributed by atoms with van der Waals surface area (Å²) in [5, 5.41) is 0. The summed E-state index contributed by atoms with van der Waals surface area (Å²) in [6.07, 6.45) is 1.35. The van der Waals surface area contributed by atoms with Crippen LogP contribution in [0.1, 0.15) is 37.0 Å². The van der Waals surface area contributed by atoms with Gasteiger partial charge < -0.3 is 9.47 Å². The van der Waals surface area contributed by atoms with Gasteiger partial charge in [0.05, 0.1) is 12.2 Å².